The van der Waals surface area contributed by atoms with Crippen LogP contribution in [0.2, 0.25) is 0 Å². The first-order valence-corrected chi connectivity index (χ1v) is 9.93. The maximum atomic E-state index is 12.6. The van der Waals surface area contributed by atoms with E-state index in [4.69, 9.17) is 0 Å². The number of sulfonamides is 1. The number of piperazine rings is 1. The molecule has 122 valence electrons. The molecule has 1 aromatic rings. The van der Waals surface area contributed by atoms with Crippen LogP contribution in [0.15, 0.2) is 24.3 Å². The molecular formula is C17H26N2O2S. The fourth-order valence-electron chi connectivity index (χ4n) is 3.68. The molecule has 0 unspecified atom stereocenters. The van der Waals surface area contributed by atoms with Crippen LogP contribution in [0.25, 0.3) is 0 Å². The van der Waals surface area contributed by atoms with Crippen LogP contribution in [0, 0.1) is 6.92 Å². The minimum absolute atomic E-state index is 0.128. The molecule has 1 saturated carbocycles. The molecule has 0 aromatic heterocycles. The smallest absolute Gasteiger partial charge is 0.218 e. The topological polar surface area (TPSA) is 40.6 Å². The molecule has 0 bridgehead atoms. The van der Waals surface area contributed by atoms with E-state index < -0.39 is 10.0 Å². The predicted molar refractivity (Wildman–Crippen MR) is 89.2 cm³/mol. The van der Waals surface area contributed by atoms with Crippen molar-refractivity contribution >= 4 is 10.0 Å². The third kappa shape index (κ3) is 3.53. The molecule has 1 saturated heterocycles. The Balaban J connectivity index is 1.61. The fourth-order valence-corrected chi connectivity index (χ4v) is 5.30. The van der Waals surface area contributed by atoms with Gasteiger partial charge in [0.15, 0.2) is 0 Å². The molecule has 1 aliphatic carbocycles. The van der Waals surface area contributed by atoms with Crippen LogP contribution in [-0.4, -0.2) is 49.8 Å². The van der Waals surface area contributed by atoms with Crippen molar-refractivity contribution in [1.29, 1.82) is 0 Å². The predicted octanol–water partition coefficient (Wildman–Crippen LogP) is 2.39. The third-order valence-electron chi connectivity index (χ3n) is 5.11. The highest BCUT2D eigenvalue weighted by atomic mass is 32.2. The number of rotatable bonds is 4. The van der Waals surface area contributed by atoms with Crippen LogP contribution in [0.4, 0.5) is 0 Å². The summed E-state index contributed by atoms with van der Waals surface area (Å²) < 4.78 is 27.0. The van der Waals surface area contributed by atoms with E-state index in [-0.39, 0.29) is 5.75 Å². The van der Waals surface area contributed by atoms with E-state index in [1.165, 1.54) is 25.7 Å². The van der Waals surface area contributed by atoms with Gasteiger partial charge in [0.1, 0.15) is 0 Å². The Kier molecular flexibility index (Phi) is 4.85. The number of aryl methyl sites for hydroxylation is 1. The summed E-state index contributed by atoms with van der Waals surface area (Å²) in [5.74, 6) is 0.128. The Hall–Kier alpha value is -0.910. The molecule has 22 heavy (non-hydrogen) atoms. The van der Waals surface area contributed by atoms with Gasteiger partial charge in [-0.15, -0.1) is 0 Å². The number of nitrogens with zero attached hydrogens (tertiary/aromatic N) is 2. The van der Waals surface area contributed by atoms with Gasteiger partial charge in [-0.2, -0.15) is 4.31 Å². The molecule has 1 aromatic carbocycles. The lowest BCUT2D eigenvalue weighted by Gasteiger charge is -2.37. The van der Waals surface area contributed by atoms with Crippen molar-refractivity contribution in [3.8, 4) is 0 Å². The van der Waals surface area contributed by atoms with Crippen molar-refractivity contribution in [3.05, 3.63) is 35.4 Å². The summed E-state index contributed by atoms with van der Waals surface area (Å²) in [5.41, 5.74) is 1.97. The first kappa shape index (κ1) is 16.0. The molecule has 1 aliphatic heterocycles. The van der Waals surface area contributed by atoms with E-state index in [1.807, 2.05) is 31.2 Å². The molecule has 4 nitrogen and oxygen atoms in total. The number of benzene rings is 1. The summed E-state index contributed by atoms with van der Waals surface area (Å²) in [6, 6.07) is 8.45. The highest BCUT2D eigenvalue weighted by Gasteiger charge is 2.31. The Morgan fingerprint density at radius 2 is 1.68 bits per heavy atom. The Morgan fingerprint density at radius 1 is 1.05 bits per heavy atom. The molecule has 3 rings (SSSR count). The standard InChI is InChI=1S/C17H26N2O2S/c1-15-6-2-3-7-16(15)14-22(20,21)19-12-10-18(11-13-19)17-8-4-5-9-17/h2-3,6-7,17H,4-5,8-14H2,1H3. The summed E-state index contributed by atoms with van der Waals surface area (Å²) in [4.78, 5) is 2.49. The van der Waals surface area contributed by atoms with Crippen LogP contribution in [0.3, 0.4) is 0 Å². The number of hydrogen-bond donors (Lipinski definition) is 0. The zero-order valence-electron chi connectivity index (χ0n) is 13.4. The second kappa shape index (κ2) is 6.69. The summed E-state index contributed by atoms with van der Waals surface area (Å²) >= 11 is 0. The summed E-state index contributed by atoms with van der Waals surface area (Å²) in [6.07, 6.45) is 5.23. The summed E-state index contributed by atoms with van der Waals surface area (Å²) in [5, 5.41) is 0. The maximum Gasteiger partial charge on any atom is 0.218 e. The van der Waals surface area contributed by atoms with Gasteiger partial charge in [-0.3, -0.25) is 4.90 Å². The minimum atomic E-state index is -3.20. The molecule has 0 N–H and O–H groups in total. The lowest BCUT2D eigenvalue weighted by Crippen LogP contribution is -2.51. The molecule has 0 amide bonds. The van der Waals surface area contributed by atoms with Crippen molar-refractivity contribution in [1.82, 2.24) is 9.21 Å². The Bertz CT molecular complexity index is 601. The van der Waals surface area contributed by atoms with Gasteiger partial charge in [-0.05, 0) is 30.9 Å². The van der Waals surface area contributed by atoms with E-state index in [1.54, 1.807) is 4.31 Å². The third-order valence-corrected chi connectivity index (χ3v) is 6.93. The monoisotopic (exact) mass is 322 g/mol. The molecule has 0 atom stereocenters. The quantitative estimate of drug-likeness (QED) is 0.854. The van der Waals surface area contributed by atoms with Crippen molar-refractivity contribution in [2.75, 3.05) is 26.2 Å². The molecular weight excluding hydrogens is 296 g/mol. The van der Waals surface area contributed by atoms with Gasteiger partial charge in [-0.1, -0.05) is 37.1 Å². The van der Waals surface area contributed by atoms with Crippen LogP contribution in [0.5, 0.6) is 0 Å². The maximum absolute atomic E-state index is 12.6. The molecule has 5 heteroatoms. The SMILES string of the molecule is Cc1ccccc1CS(=O)(=O)N1CCN(C2CCCC2)CC1. The largest absolute Gasteiger partial charge is 0.298 e. The van der Waals surface area contributed by atoms with Gasteiger partial charge in [0.05, 0.1) is 5.75 Å². The lowest BCUT2D eigenvalue weighted by molar-refractivity contribution is 0.139. The first-order chi connectivity index (χ1) is 10.6. The van der Waals surface area contributed by atoms with Gasteiger partial charge in [0.25, 0.3) is 0 Å². The van der Waals surface area contributed by atoms with Crippen LogP contribution in [-0.2, 0) is 15.8 Å². The second-order valence-corrected chi connectivity index (χ2v) is 8.52. The minimum Gasteiger partial charge on any atom is -0.298 e. The van der Waals surface area contributed by atoms with E-state index in [2.05, 4.69) is 4.90 Å². The normalized spacial score (nSPS) is 22.2. The van der Waals surface area contributed by atoms with Crippen molar-refractivity contribution in [2.24, 2.45) is 0 Å². The zero-order valence-corrected chi connectivity index (χ0v) is 14.2. The highest BCUT2D eigenvalue weighted by molar-refractivity contribution is 7.88. The Morgan fingerprint density at radius 3 is 2.32 bits per heavy atom. The van der Waals surface area contributed by atoms with Crippen molar-refractivity contribution < 1.29 is 8.42 Å². The molecule has 2 aliphatic rings. The highest BCUT2D eigenvalue weighted by Crippen LogP contribution is 2.25. The molecule has 1 heterocycles. The van der Waals surface area contributed by atoms with Gasteiger partial charge in [0.2, 0.25) is 10.0 Å². The zero-order chi connectivity index (χ0) is 15.6. The average molecular weight is 322 g/mol. The number of hydrogen-bond acceptors (Lipinski definition) is 3. The summed E-state index contributed by atoms with van der Waals surface area (Å²) in [6.45, 7) is 5.04. The average Bonchev–Trinajstić information content (AvgIpc) is 3.04. The van der Waals surface area contributed by atoms with E-state index >= 15 is 0 Å². The van der Waals surface area contributed by atoms with E-state index in [9.17, 15) is 8.42 Å². The first-order valence-electron chi connectivity index (χ1n) is 8.33. The summed E-state index contributed by atoms with van der Waals surface area (Å²) in [7, 11) is -3.20. The van der Waals surface area contributed by atoms with Crippen LogP contribution in [0.1, 0.15) is 36.8 Å². The van der Waals surface area contributed by atoms with Crippen molar-refractivity contribution in [3.63, 3.8) is 0 Å². The van der Waals surface area contributed by atoms with E-state index in [0.717, 1.165) is 24.2 Å². The molecule has 0 radical (unpaired) electrons. The van der Waals surface area contributed by atoms with Crippen molar-refractivity contribution in [2.45, 2.75) is 44.4 Å². The lowest BCUT2D eigenvalue weighted by atomic mass is 10.1. The van der Waals surface area contributed by atoms with Gasteiger partial charge >= 0.3 is 0 Å². The van der Waals surface area contributed by atoms with Crippen LogP contribution < -0.4 is 0 Å². The van der Waals surface area contributed by atoms with Gasteiger partial charge in [-0.25, -0.2) is 8.42 Å². The van der Waals surface area contributed by atoms with Crippen LogP contribution >= 0.6 is 0 Å². The van der Waals surface area contributed by atoms with Gasteiger partial charge < -0.3 is 0 Å². The van der Waals surface area contributed by atoms with Gasteiger partial charge in [0, 0.05) is 32.2 Å². The van der Waals surface area contributed by atoms with E-state index in [0.29, 0.717) is 19.1 Å². The molecule has 2 fully saturated rings. The second-order valence-electron chi connectivity index (χ2n) is 6.56. The molecule has 0 spiro atoms. The Labute approximate surface area is 134 Å². The fraction of sp³-hybridized carbons (Fsp3) is 0.647.